The fraction of sp³-hybridized carbons (Fsp3) is 0.200. The summed E-state index contributed by atoms with van der Waals surface area (Å²) in [5.74, 6) is -1.44. The number of aryl methyl sites for hydroxylation is 2. The first-order chi connectivity index (χ1) is 14.7. The summed E-state index contributed by atoms with van der Waals surface area (Å²) >= 11 is 3.40. The predicted octanol–water partition coefficient (Wildman–Crippen LogP) is 5.21. The maximum Gasteiger partial charge on any atom is 0.264 e. The van der Waals surface area contributed by atoms with Crippen LogP contribution in [0.1, 0.15) is 39.0 Å². The number of Topliss-reactive ketones (excluding diaryl/α,β-unsaturated/α-hetero) is 1. The van der Waals surface area contributed by atoms with Gasteiger partial charge in [-0.25, -0.2) is 4.39 Å². The van der Waals surface area contributed by atoms with E-state index >= 15 is 0 Å². The summed E-state index contributed by atoms with van der Waals surface area (Å²) in [6, 6.07) is 16.4. The van der Waals surface area contributed by atoms with Gasteiger partial charge in [-0.15, -0.1) is 0 Å². The Bertz CT molecular complexity index is 1190. The molecule has 1 heterocycles. The van der Waals surface area contributed by atoms with Crippen LogP contribution in [0.25, 0.3) is 0 Å². The van der Waals surface area contributed by atoms with Crippen LogP contribution in [0.5, 0.6) is 0 Å². The second-order valence-electron chi connectivity index (χ2n) is 7.95. The quantitative estimate of drug-likeness (QED) is 0.508. The number of benzene rings is 3. The van der Waals surface area contributed by atoms with Crippen molar-refractivity contribution < 1.29 is 19.1 Å². The molecule has 0 unspecified atom stereocenters. The molecular formula is C25H21BrFNO3. The topological polar surface area (TPSA) is 57.6 Å². The number of aliphatic hydroxyl groups is 1. The van der Waals surface area contributed by atoms with E-state index in [1.807, 2.05) is 32.0 Å². The van der Waals surface area contributed by atoms with Crippen molar-refractivity contribution in [2.24, 2.45) is 0 Å². The van der Waals surface area contributed by atoms with E-state index in [0.717, 1.165) is 16.7 Å². The highest BCUT2D eigenvalue weighted by Gasteiger charge is 2.51. The SMILES string of the molecule is Cc1ccc(C)c(CN2C(=O)[C@](O)(CC(=O)c3ccc(F)cc3)c3cc(Br)ccc32)c1. The van der Waals surface area contributed by atoms with Crippen LogP contribution in [0.3, 0.4) is 0 Å². The van der Waals surface area contributed by atoms with Gasteiger partial charge < -0.3 is 10.0 Å². The Hall–Kier alpha value is -2.83. The normalized spacial score (nSPS) is 17.7. The van der Waals surface area contributed by atoms with Crippen LogP contribution in [0.2, 0.25) is 0 Å². The molecule has 31 heavy (non-hydrogen) atoms. The van der Waals surface area contributed by atoms with Crippen LogP contribution in [-0.4, -0.2) is 16.8 Å². The Kier molecular flexibility index (Phi) is 5.54. The smallest absolute Gasteiger partial charge is 0.264 e. The average molecular weight is 482 g/mol. The van der Waals surface area contributed by atoms with Crippen molar-refractivity contribution in [1.82, 2.24) is 0 Å². The third kappa shape index (κ3) is 3.93. The fourth-order valence-electron chi connectivity index (χ4n) is 3.96. The number of nitrogens with zero attached hydrogens (tertiary/aromatic N) is 1. The summed E-state index contributed by atoms with van der Waals surface area (Å²) < 4.78 is 13.9. The molecule has 0 aromatic heterocycles. The molecule has 3 aromatic rings. The largest absolute Gasteiger partial charge is 0.375 e. The van der Waals surface area contributed by atoms with Crippen molar-refractivity contribution in [3.63, 3.8) is 0 Å². The van der Waals surface area contributed by atoms with Crippen molar-refractivity contribution in [2.75, 3.05) is 4.90 Å². The third-order valence-electron chi connectivity index (χ3n) is 5.71. The van der Waals surface area contributed by atoms with Gasteiger partial charge >= 0.3 is 0 Å². The summed E-state index contributed by atoms with van der Waals surface area (Å²) in [5, 5.41) is 11.5. The second-order valence-corrected chi connectivity index (χ2v) is 8.87. The van der Waals surface area contributed by atoms with Crippen molar-refractivity contribution in [2.45, 2.75) is 32.4 Å². The molecule has 0 bridgehead atoms. The Morgan fingerprint density at radius 1 is 1.06 bits per heavy atom. The number of hydrogen-bond acceptors (Lipinski definition) is 3. The molecule has 0 spiro atoms. The lowest BCUT2D eigenvalue weighted by Crippen LogP contribution is -2.41. The molecule has 3 aromatic carbocycles. The van der Waals surface area contributed by atoms with Crippen LogP contribution < -0.4 is 4.90 Å². The lowest BCUT2D eigenvalue weighted by molar-refractivity contribution is -0.136. The molecule has 4 nitrogen and oxygen atoms in total. The highest BCUT2D eigenvalue weighted by atomic mass is 79.9. The van der Waals surface area contributed by atoms with Gasteiger partial charge in [-0.1, -0.05) is 39.7 Å². The first-order valence-electron chi connectivity index (χ1n) is 9.88. The molecule has 1 amide bonds. The van der Waals surface area contributed by atoms with Crippen LogP contribution >= 0.6 is 15.9 Å². The lowest BCUT2D eigenvalue weighted by Gasteiger charge is -2.23. The number of hydrogen-bond donors (Lipinski definition) is 1. The molecule has 1 N–H and O–H groups in total. The highest BCUT2D eigenvalue weighted by Crippen LogP contribution is 2.45. The minimum Gasteiger partial charge on any atom is -0.375 e. The molecule has 0 saturated heterocycles. The summed E-state index contributed by atoms with van der Waals surface area (Å²) in [5.41, 5.74) is 2.28. The van der Waals surface area contributed by atoms with E-state index in [9.17, 15) is 19.1 Å². The van der Waals surface area contributed by atoms with Gasteiger partial charge in [0.15, 0.2) is 11.4 Å². The standard InChI is InChI=1S/C25H21BrFNO3/c1-15-3-4-16(2)18(11-15)14-28-22-10-7-19(26)12-21(22)25(31,24(28)30)13-23(29)17-5-8-20(27)9-6-17/h3-12,31H,13-14H2,1-2H3/t25-/m0/s1. The van der Waals surface area contributed by atoms with E-state index < -0.39 is 29.5 Å². The zero-order valence-electron chi connectivity index (χ0n) is 17.2. The Balaban J connectivity index is 1.72. The van der Waals surface area contributed by atoms with Gasteiger partial charge in [0.1, 0.15) is 5.82 Å². The number of halogens is 2. The Labute approximate surface area is 188 Å². The predicted molar refractivity (Wildman–Crippen MR) is 120 cm³/mol. The number of ketones is 1. The van der Waals surface area contributed by atoms with E-state index in [-0.39, 0.29) is 12.1 Å². The molecule has 0 fully saturated rings. The number of fused-ring (bicyclic) bond motifs is 1. The van der Waals surface area contributed by atoms with E-state index in [4.69, 9.17) is 0 Å². The fourth-order valence-corrected chi connectivity index (χ4v) is 4.32. The molecule has 158 valence electrons. The molecule has 0 radical (unpaired) electrons. The molecule has 4 rings (SSSR count). The van der Waals surface area contributed by atoms with Crippen LogP contribution in [0.15, 0.2) is 65.1 Å². The maximum absolute atomic E-state index is 13.5. The van der Waals surface area contributed by atoms with Crippen molar-refractivity contribution >= 4 is 33.3 Å². The average Bonchev–Trinajstić information content (AvgIpc) is 2.92. The summed E-state index contributed by atoms with van der Waals surface area (Å²) in [6.45, 7) is 4.24. The van der Waals surface area contributed by atoms with E-state index in [1.54, 1.807) is 18.2 Å². The monoisotopic (exact) mass is 481 g/mol. The van der Waals surface area contributed by atoms with Crippen LogP contribution in [0, 0.1) is 19.7 Å². The molecule has 0 aliphatic carbocycles. The molecule has 0 saturated carbocycles. The van der Waals surface area contributed by atoms with Gasteiger partial charge in [-0.05, 0) is 67.4 Å². The van der Waals surface area contributed by atoms with Gasteiger partial charge in [0.25, 0.3) is 5.91 Å². The minimum atomic E-state index is -2.00. The Morgan fingerprint density at radius 2 is 1.77 bits per heavy atom. The van der Waals surface area contributed by atoms with Gasteiger partial charge in [0, 0.05) is 15.6 Å². The first kappa shape index (κ1) is 21.4. The number of anilines is 1. The summed E-state index contributed by atoms with van der Waals surface area (Å²) in [6.07, 6.45) is -0.426. The second kappa shape index (κ2) is 8.02. The Morgan fingerprint density at radius 3 is 2.48 bits per heavy atom. The molecule has 1 aliphatic rings. The zero-order valence-corrected chi connectivity index (χ0v) is 18.7. The maximum atomic E-state index is 13.5. The first-order valence-corrected chi connectivity index (χ1v) is 10.7. The molecule has 1 atom stereocenters. The van der Waals surface area contributed by atoms with Gasteiger partial charge in [0.05, 0.1) is 18.7 Å². The molecule has 6 heteroatoms. The molecule has 1 aliphatic heterocycles. The number of carbonyl (C=O) groups excluding carboxylic acids is 2. The number of carbonyl (C=O) groups is 2. The minimum absolute atomic E-state index is 0.243. The van der Waals surface area contributed by atoms with E-state index in [0.29, 0.717) is 15.7 Å². The van der Waals surface area contributed by atoms with Crippen molar-refractivity contribution in [3.8, 4) is 0 Å². The summed E-state index contributed by atoms with van der Waals surface area (Å²) in [7, 11) is 0. The van der Waals surface area contributed by atoms with Gasteiger partial charge in [-0.3, -0.25) is 9.59 Å². The number of rotatable bonds is 5. The van der Waals surface area contributed by atoms with Crippen LogP contribution in [0.4, 0.5) is 10.1 Å². The van der Waals surface area contributed by atoms with Crippen molar-refractivity contribution in [1.29, 1.82) is 0 Å². The van der Waals surface area contributed by atoms with Gasteiger partial charge in [-0.2, -0.15) is 0 Å². The highest BCUT2D eigenvalue weighted by molar-refractivity contribution is 9.10. The number of amides is 1. The van der Waals surface area contributed by atoms with Gasteiger partial charge in [0.2, 0.25) is 0 Å². The van der Waals surface area contributed by atoms with E-state index in [2.05, 4.69) is 15.9 Å². The van der Waals surface area contributed by atoms with Crippen molar-refractivity contribution in [3.05, 3.63) is 98.8 Å². The molecular weight excluding hydrogens is 461 g/mol. The summed E-state index contributed by atoms with van der Waals surface area (Å²) in [4.78, 5) is 27.9. The third-order valence-corrected chi connectivity index (χ3v) is 6.20. The van der Waals surface area contributed by atoms with E-state index in [1.165, 1.54) is 29.2 Å². The van der Waals surface area contributed by atoms with Crippen LogP contribution in [-0.2, 0) is 16.9 Å². The lowest BCUT2D eigenvalue weighted by atomic mass is 9.88. The zero-order chi connectivity index (χ0) is 22.3.